The Kier molecular flexibility index (Phi) is 7.68. The summed E-state index contributed by atoms with van der Waals surface area (Å²) in [6.45, 7) is 3.40. The molecule has 0 bridgehead atoms. The van der Waals surface area contributed by atoms with Crippen molar-refractivity contribution < 1.29 is 24.5 Å². The Hall–Kier alpha value is -2.61. The third-order valence-electron chi connectivity index (χ3n) is 5.90. The SMILES string of the molecule is C[C@H](CO)NC(=O)C1CC=C(c2ccc(OCC3CCN(C(=O)O)CC3)nc2)CC1. The minimum atomic E-state index is -0.852. The van der Waals surface area contributed by atoms with Crippen LogP contribution >= 0.6 is 0 Å². The maximum Gasteiger partial charge on any atom is 0.407 e. The molecule has 8 nitrogen and oxygen atoms in total. The van der Waals surface area contributed by atoms with Gasteiger partial charge in [-0.3, -0.25) is 4.79 Å². The van der Waals surface area contributed by atoms with Crippen LogP contribution in [0.1, 0.15) is 44.6 Å². The van der Waals surface area contributed by atoms with Crippen molar-refractivity contribution in [3.05, 3.63) is 30.0 Å². The second-order valence-electron chi connectivity index (χ2n) is 8.20. The highest BCUT2D eigenvalue weighted by molar-refractivity contribution is 5.80. The van der Waals surface area contributed by atoms with E-state index in [1.54, 1.807) is 6.92 Å². The maximum absolute atomic E-state index is 12.2. The summed E-state index contributed by atoms with van der Waals surface area (Å²) in [7, 11) is 0. The second kappa shape index (κ2) is 10.4. The van der Waals surface area contributed by atoms with E-state index in [1.807, 2.05) is 18.3 Å². The predicted octanol–water partition coefficient (Wildman–Crippen LogP) is 2.53. The summed E-state index contributed by atoms with van der Waals surface area (Å²) in [5, 5.41) is 20.9. The highest BCUT2D eigenvalue weighted by Crippen LogP contribution is 2.30. The standard InChI is InChI=1S/C22H31N3O5/c1-15(13-26)24-21(27)18-4-2-17(3-5-18)19-6-7-20(23-12-19)30-14-16-8-10-25(11-9-16)22(28)29/h2,6-7,12,15-16,18,26H,3-5,8-11,13-14H2,1H3,(H,24,27)(H,28,29)/t15-,18?/m1/s1. The van der Waals surface area contributed by atoms with Crippen LogP contribution in [-0.2, 0) is 4.79 Å². The molecule has 2 atom stereocenters. The highest BCUT2D eigenvalue weighted by atomic mass is 16.5. The van der Waals surface area contributed by atoms with Crippen molar-refractivity contribution in [1.82, 2.24) is 15.2 Å². The maximum atomic E-state index is 12.2. The number of aliphatic hydroxyl groups is 1. The van der Waals surface area contributed by atoms with E-state index < -0.39 is 6.09 Å². The van der Waals surface area contributed by atoms with E-state index in [9.17, 15) is 9.59 Å². The molecule has 3 N–H and O–H groups in total. The van der Waals surface area contributed by atoms with E-state index in [0.29, 0.717) is 37.9 Å². The number of nitrogens with one attached hydrogen (secondary N) is 1. The molecule has 1 saturated heterocycles. The van der Waals surface area contributed by atoms with Gasteiger partial charge in [0.1, 0.15) is 0 Å². The van der Waals surface area contributed by atoms with Gasteiger partial charge in [-0.2, -0.15) is 0 Å². The van der Waals surface area contributed by atoms with Crippen LogP contribution in [0.25, 0.3) is 5.57 Å². The molecule has 30 heavy (non-hydrogen) atoms. The Labute approximate surface area is 176 Å². The number of hydrogen-bond acceptors (Lipinski definition) is 5. The molecule has 0 saturated carbocycles. The molecule has 1 aliphatic heterocycles. The molecule has 0 spiro atoms. The van der Waals surface area contributed by atoms with Crippen LogP contribution in [0.15, 0.2) is 24.4 Å². The van der Waals surface area contributed by atoms with Crippen molar-refractivity contribution >= 4 is 17.6 Å². The van der Waals surface area contributed by atoms with E-state index in [0.717, 1.165) is 31.2 Å². The van der Waals surface area contributed by atoms with Crippen molar-refractivity contribution in [2.45, 2.75) is 45.1 Å². The Morgan fingerprint density at radius 2 is 2.07 bits per heavy atom. The van der Waals surface area contributed by atoms with Crippen LogP contribution in [0.5, 0.6) is 5.88 Å². The molecule has 0 aromatic carbocycles. The van der Waals surface area contributed by atoms with Crippen LogP contribution in [0.2, 0.25) is 0 Å². The molecule has 1 aromatic heterocycles. The minimum Gasteiger partial charge on any atom is -0.477 e. The first-order chi connectivity index (χ1) is 14.5. The molecule has 2 heterocycles. The molecule has 1 aliphatic carbocycles. The largest absolute Gasteiger partial charge is 0.477 e. The van der Waals surface area contributed by atoms with Crippen LogP contribution in [0.4, 0.5) is 4.79 Å². The summed E-state index contributed by atoms with van der Waals surface area (Å²) in [4.78, 5) is 29.0. The van der Waals surface area contributed by atoms with E-state index in [2.05, 4.69) is 16.4 Å². The number of carbonyl (C=O) groups excluding carboxylic acids is 1. The summed E-state index contributed by atoms with van der Waals surface area (Å²) in [5.41, 5.74) is 2.23. The molecular weight excluding hydrogens is 386 g/mol. The fourth-order valence-corrected chi connectivity index (χ4v) is 3.89. The second-order valence-corrected chi connectivity index (χ2v) is 8.20. The number of likely N-dealkylation sites (tertiary alicyclic amines) is 1. The van der Waals surface area contributed by atoms with Gasteiger partial charge in [0.15, 0.2) is 0 Å². The molecule has 1 fully saturated rings. The lowest BCUT2D eigenvalue weighted by molar-refractivity contribution is -0.126. The van der Waals surface area contributed by atoms with E-state index in [4.69, 9.17) is 14.9 Å². The van der Waals surface area contributed by atoms with E-state index in [1.165, 1.54) is 10.5 Å². The smallest absolute Gasteiger partial charge is 0.407 e. The normalized spacial score (nSPS) is 20.9. The van der Waals surface area contributed by atoms with Gasteiger partial charge in [-0.25, -0.2) is 9.78 Å². The number of carboxylic acid groups (broad SMARTS) is 1. The van der Waals surface area contributed by atoms with Crippen molar-refractivity contribution in [3.8, 4) is 5.88 Å². The number of pyridine rings is 1. The topological polar surface area (TPSA) is 112 Å². The Morgan fingerprint density at radius 1 is 1.30 bits per heavy atom. The van der Waals surface area contributed by atoms with Crippen LogP contribution in [0, 0.1) is 11.8 Å². The van der Waals surface area contributed by atoms with Crippen molar-refractivity contribution in [2.75, 3.05) is 26.3 Å². The number of hydrogen-bond donors (Lipinski definition) is 3. The van der Waals surface area contributed by atoms with Gasteiger partial charge < -0.3 is 25.2 Å². The summed E-state index contributed by atoms with van der Waals surface area (Å²) in [6.07, 6.45) is 6.96. The molecule has 164 valence electrons. The molecule has 2 amide bonds. The predicted molar refractivity (Wildman–Crippen MR) is 112 cm³/mol. The van der Waals surface area contributed by atoms with Gasteiger partial charge >= 0.3 is 6.09 Å². The average Bonchev–Trinajstić information content (AvgIpc) is 2.78. The Balaban J connectivity index is 1.46. The third-order valence-corrected chi connectivity index (χ3v) is 5.90. The lowest BCUT2D eigenvalue weighted by Crippen LogP contribution is -2.39. The number of nitrogens with zero attached hydrogens (tertiary/aromatic N) is 2. The fourth-order valence-electron chi connectivity index (χ4n) is 3.89. The zero-order chi connectivity index (χ0) is 21.5. The van der Waals surface area contributed by atoms with Crippen molar-refractivity contribution in [1.29, 1.82) is 0 Å². The molecule has 8 heteroatoms. The number of aliphatic hydroxyl groups excluding tert-OH is 1. The van der Waals surface area contributed by atoms with Crippen molar-refractivity contribution in [2.24, 2.45) is 11.8 Å². The first-order valence-electron chi connectivity index (χ1n) is 10.6. The first-order valence-corrected chi connectivity index (χ1v) is 10.6. The van der Waals surface area contributed by atoms with Crippen LogP contribution < -0.4 is 10.1 Å². The summed E-state index contributed by atoms with van der Waals surface area (Å²) in [5.74, 6) is 0.875. The van der Waals surface area contributed by atoms with Crippen LogP contribution in [0.3, 0.4) is 0 Å². The van der Waals surface area contributed by atoms with E-state index in [-0.39, 0.29) is 24.5 Å². The highest BCUT2D eigenvalue weighted by Gasteiger charge is 2.24. The average molecular weight is 418 g/mol. The monoisotopic (exact) mass is 417 g/mol. The number of amides is 2. The lowest BCUT2D eigenvalue weighted by atomic mass is 9.86. The number of ether oxygens (including phenoxy) is 1. The zero-order valence-corrected chi connectivity index (χ0v) is 17.4. The van der Waals surface area contributed by atoms with Gasteiger partial charge in [-0.1, -0.05) is 6.08 Å². The van der Waals surface area contributed by atoms with Gasteiger partial charge in [-0.05, 0) is 62.1 Å². The molecule has 0 radical (unpaired) electrons. The van der Waals surface area contributed by atoms with Crippen LogP contribution in [-0.4, -0.2) is 64.4 Å². The number of allylic oxidation sites excluding steroid dienone is 2. The minimum absolute atomic E-state index is 0.00270. The number of rotatable bonds is 7. The first kappa shape index (κ1) is 22.1. The van der Waals surface area contributed by atoms with Gasteiger partial charge in [0.25, 0.3) is 0 Å². The zero-order valence-electron chi connectivity index (χ0n) is 17.4. The summed E-state index contributed by atoms with van der Waals surface area (Å²) < 4.78 is 5.81. The van der Waals surface area contributed by atoms with Crippen molar-refractivity contribution in [3.63, 3.8) is 0 Å². The number of piperidine rings is 1. The molecule has 1 unspecified atom stereocenters. The van der Waals surface area contributed by atoms with E-state index >= 15 is 0 Å². The molecule has 1 aromatic rings. The molecule has 2 aliphatic rings. The quantitative estimate of drug-likeness (QED) is 0.629. The molecular formula is C22H31N3O5. The fraction of sp³-hybridized carbons (Fsp3) is 0.591. The lowest BCUT2D eigenvalue weighted by Gasteiger charge is -2.29. The summed E-state index contributed by atoms with van der Waals surface area (Å²) in [6, 6.07) is 3.64. The van der Waals surface area contributed by atoms with Gasteiger partial charge in [0.05, 0.1) is 13.2 Å². The van der Waals surface area contributed by atoms with Gasteiger partial charge in [0.2, 0.25) is 11.8 Å². The number of carbonyl (C=O) groups is 2. The number of aromatic nitrogens is 1. The summed E-state index contributed by atoms with van der Waals surface area (Å²) >= 11 is 0. The van der Waals surface area contributed by atoms with Gasteiger partial charge in [0, 0.05) is 37.3 Å². The van der Waals surface area contributed by atoms with Gasteiger partial charge in [-0.15, -0.1) is 0 Å². The molecule has 3 rings (SSSR count). The Bertz CT molecular complexity index is 757. The third kappa shape index (κ3) is 5.95. The Morgan fingerprint density at radius 3 is 2.63 bits per heavy atom.